The lowest BCUT2D eigenvalue weighted by atomic mass is 9.85. The van der Waals surface area contributed by atoms with E-state index in [0.29, 0.717) is 25.0 Å². The van der Waals surface area contributed by atoms with Crippen molar-refractivity contribution in [2.75, 3.05) is 33.3 Å². The number of nitrogens with zero attached hydrogens (tertiary/aromatic N) is 2. The fourth-order valence-corrected chi connectivity index (χ4v) is 6.57. The maximum absolute atomic E-state index is 13.4. The summed E-state index contributed by atoms with van der Waals surface area (Å²) in [6.07, 6.45) is 8.66. The van der Waals surface area contributed by atoms with E-state index < -0.39 is 5.60 Å². The Bertz CT molecular complexity index is 1300. The molecule has 2 fully saturated rings. The van der Waals surface area contributed by atoms with Gasteiger partial charge in [0.05, 0.1) is 6.61 Å². The van der Waals surface area contributed by atoms with Crippen LogP contribution in [0.15, 0.2) is 48.0 Å². The molecule has 3 aliphatic rings. The number of likely N-dealkylation sites (tertiary alicyclic amines) is 1. The Morgan fingerprint density at radius 2 is 1.65 bits per heavy atom. The van der Waals surface area contributed by atoms with E-state index in [1.165, 1.54) is 5.56 Å². The molecule has 0 unspecified atom stereocenters. The summed E-state index contributed by atoms with van der Waals surface area (Å²) in [6, 6.07) is 15.5. The number of rotatable bonds is 6. The first-order valence-electron chi connectivity index (χ1n) is 16.1. The molecule has 1 saturated heterocycles. The molecule has 0 bridgehead atoms. The minimum Gasteiger partial charge on any atom is -0.493 e. The minimum atomic E-state index is -0.457. The van der Waals surface area contributed by atoms with Gasteiger partial charge in [-0.25, -0.2) is 4.79 Å². The van der Waals surface area contributed by atoms with E-state index in [9.17, 15) is 9.59 Å². The molecular formula is C36H49N3O4. The largest absolute Gasteiger partial charge is 0.493 e. The molecule has 232 valence electrons. The maximum Gasteiger partial charge on any atom is 0.410 e. The van der Waals surface area contributed by atoms with Gasteiger partial charge in [-0.15, -0.1) is 0 Å². The number of ether oxygens (including phenoxy) is 2. The summed E-state index contributed by atoms with van der Waals surface area (Å²) in [6.45, 7) is 10.9. The summed E-state index contributed by atoms with van der Waals surface area (Å²) in [5.41, 5.74) is 4.81. The summed E-state index contributed by atoms with van der Waals surface area (Å²) in [5, 5.41) is 3.34. The first-order valence-corrected chi connectivity index (χ1v) is 16.1. The van der Waals surface area contributed by atoms with Crippen LogP contribution in [0.5, 0.6) is 5.75 Å². The Labute approximate surface area is 257 Å². The molecule has 2 aromatic rings. The molecule has 2 aromatic carbocycles. The zero-order valence-corrected chi connectivity index (χ0v) is 26.7. The van der Waals surface area contributed by atoms with Crippen LogP contribution in [0.25, 0.3) is 17.2 Å². The van der Waals surface area contributed by atoms with Crippen LogP contribution in [-0.4, -0.2) is 72.8 Å². The molecule has 2 aliphatic heterocycles. The predicted octanol–water partition coefficient (Wildman–Crippen LogP) is 6.83. The van der Waals surface area contributed by atoms with Gasteiger partial charge in [0.25, 0.3) is 0 Å². The number of hydrogen-bond acceptors (Lipinski definition) is 5. The number of piperidine rings is 1. The van der Waals surface area contributed by atoms with Gasteiger partial charge in [0, 0.05) is 49.3 Å². The highest BCUT2D eigenvalue weighted by Crippen LogP contribution is 2.32. The van der Waals surface area contributed by atoms with Gasteiger partial charge in [-0.3, -0.25) is 4.79 Å². The van der Waals surface area contributed by atoms with Crippen LogP contribution in [0, 0.1) is 12.8 Å². The van der Waals surface area contributed by atoms with Gasteiger partial charge in [0.15, 0.2) is 0 Å². The Kier molecular flexibility index (Phi) is 9.80. The lowest BCUT2D eigenvalue weighted by Crippen LogP contribution is -2.48. The topological polar surface area (TPSA) is 71.1 Å². The zero-order valence-electron chi connectivity index (χ0n) is 26.7. The summed E-state index contributed by atoms with van der Waals surface area (Å²) in [7, 11) is 2.23. The van der Waals surface area contributed by atoms with Crippen molar-refractivity contribution in [3.63, 3.8) is 0 Å². The number of carbonyl (C=O) groups is 2. The third-order valence-electron chi connectivity index (χ3n) is 9.11. The van der Waals surface area contributed by atoms with Gasteiger partial charge in [-0.05, 0) is 109 Å². The summed E-state index contributed by atoms with van der Waals surface area (Å²) in [4.78, 5) is 30.1. The lowest BCUT2D eigenvalue weighted by molar-refractivity contribution is -0.118. The molecular weight excluding hydrogens is 538 g/mol. The standard InChI is InChI=1S/C36H49N3O4/c1-25-6-10-27(11-7-25)28-12-15-33-30(22-28)23-29(18-21-42-33)34(40)37-31-13-8-26(9-14-31)24-38(5)32-16-19-39(20-17-32)35(41)43-36(2,3)4/h6-7,10-12,15,22-23,26,31-32H,8-9,13-14,16-21,24H2,1-5H3,(H,37,40). The highest BCUT2D eigenvalue weighted by Gasteiger charge is 2.30. The molecule has 0 aromatic heterocycles. The average Bonchev–Trinajstić information content (AvgIpc) is 3.20. The van der Waals surface area contributed by atoms with Crippen molar-refractivity contribution >= 4 is 18.1 Å². The van der Waals surface area contributed by atoms with Gasteiger partial charge in [0.1, 0.15) is 11.4 Å². The maximum atomic E-state index is 13.4. The van der Waals surface area contributed by atoms with E-state index in [1.54, 1.807) is 0 Å². The van der Waals surface area contributed by atoms with E-state index in [-0.39, 0.29) is 18.0 Å². The van der Waals surface area contributed by atoms with Crippen molar-refractivity contribution in [1.82, 2.24) is 15.1 Å². The fourth-order valence-electron chi connectivity index (χ4n) is 6.57. The van der Waals surface area contributed by atoms with Crippen molar-refractivity contribution in [2.24, 2.45) is 5.92 Å². The van der Waals surface area contributed by atoms with Crippen molar-refractivity contribution < 1.29 is 19.1 Å². The highest BCUT2D eigenvalue weighted by atomic mass is 16.6. The predicted molar refractivity (Wildman–Crippen MR) is 172 cm³/mol. The lowest BCUT2D eigenvalue weighted by Gasteiger charge is -2.39. The molecule has 0 spiro atoms. The number of aryl methyl sites for hydroxylation is 1. The molecule has 5 rings (SSSR count). The number of fused-ring (bicyclic) bond motifs is 1. The molecule has 0 atom stereocenters. The third-order valence-corrected chi connectivity index (χ3v) is 9.11. The number of hydrogen-bond donors (Lipinski definition) is 1. The van der Waals surface area contributed by atoms with Gasteiger partial charge in [-0.2, -0.15) is 0 Å². The van der Waals surface area contributed by atoms with Gasteiger partial charge < -0.3 is 24.6 Å². The number of benzene rings is 2. The van der Waals surface area contributed by atoms with Crippen LogP contribution in [0.2, 0.25) is 0 Å². The minimum absolute atomic E-state index is 0.0366. The van der Waals surface area contributed by atoms with Gasteiger partial charge in [0.2, 0.25) is 5.91 Å². The Morgan fingerprint density at radius 3 is 2.33 bits per heavy atom. The molecule has 2 heterocycles. The molecule has 1 N–H and O–H groups in total. The summed E-state index contributed by atoms with van der Waals surface area (Å²) < 4.78 is 11.6. The number of nitrogens with one attached hydrogen (secondary N) is 1. The Balaban J connectivity index is 1.09. The number of carbonyl (C=O) groups excluding carboxylic acids is 2. The van der Waals surface area contributed by atoms with Crippen LogP contribution in [0.4, 0.5) is 4.79 Å². The zero-order chi connectivity index (χ0) is 30.6. The molecule has 7 nitrogen and oxygen atoms in total. The monoisotopic (exact) mass is 587 g/mol. The van der Waals surface area contributed by atoms with Gasteiger partial charge >= 0.3 is 6.09 Å². The second-order valence-corrected chi connectivity index (χ2v) is 13.7. The van der Waals surface area contributed by atoms with E-state index in [2.05, 4.69) is 60.6 Å². The molecule has 1 saturated carbocycles. The molecule has 43 heavy (non-hydrogen) atoms. The van der Waals surface area contributed by atoms with Crippen molar-refractivity contribution in [2.45, 2.75) is 90.3 Å². The molecule has 1 aliphatic carbocycles. The second-order valence-electron chi connectivity index (χ2n) is 13.7. The van der Waals surface area contributed by atoms with Crippen LogP contribution in [0.1, 0.15) is 76.8 Å². The number of amides is 2. The molecule has 0 radical (unpaired) electrons. The van der Waals surface area contributed by atoms with E-state index in [1.807, 2.05) is 37.8 Å². The first-order chi connectivity index (χ1) is 20.5. The SMILES string of the molecule is Cc1ccc(-c2ccc3c(c2)C=C(C(=O)NC2CCC(CN(C)C4CCN(C(=O)OC(C)(C)C)CC4)CC2)CCO3)cc1. The van der Waals surface area contributed by atoms with Crippen LogP contribution in [0.3, 0.4) is 0 Å². The second kappa shape index (κ2) is 13.5. The quantitative estimate of drug-likeness (QED) is 0.401. The van der Waals surface area contributed by atoms with E-state index in [0.717, 1.165) is 86.2 Å². The Morgan fingerprint density at radius 1 is 0.977 bits per heavy atom. The molecule has 7 heteroatoms. The summed E-state index contributed by atoms with van der Waals surface area (Å²) >= 11 is 0. The van der Waals surface area contributed by atoms with Crippen LogP contribution < -0.4 is 10.1 Å². The highest BCUT2D eigenvalue weighted by molar-refractivity contribution is 5.98. The fraction of sp³-hybridized carbons (Fsp3) is 0.556. The first kappa shape index (κ1) is 31.1. The van der Waals surface area contributed by atoms with E-state index in [4.69, 9.17) is 9.47 Å². The summed E-state index contributed by atoms with van der Waals surface area (Å²) in [5.74, 6) is 1.51. The normalized spacial score (nSPS) is 21.3. The van der Waals surface area contributed by atoms with E-state index >= 15 is 0 Å². The van der Waals surface area contributed by atoms with Gasteiger partial charge in [-0.1, -0.05) is 35.9 Å². The van der Waals surface area contributed by atoms with Crippen LogP contribution in [-0.2, 0) is 9.53 Å². The van der Waals surface area contributed by atoms with Crippen molar-refractivity contribution in [3.8, 4) is 16.9 Å². The smallest absolute Gasteiger partial charge is 0.410 e. The average molecular weight is 588 g/mol. The van der Waals surface area contributed by atoms with Crippen LogP contribution >= 0.6 is 0 Å². The molecule has 2 amide bonds. The van der Waals surface area contributed by atoms with Crippen molar-refractivity contribution in [1.29, 1.82) is 0 Å². The van der Waals surface area contributed by atoms with Crippen molar-refractivity contribution in [3.05, 3.63) is 59.2 Å². The third kappa shape index (κ3) is 8.41. The Hall–Kier alpha value is -3.32.